The average Bonchev–Trinajstić information content (AvgIpc) is 2.56. The van der Waals surface area contributed by atoms with Crippen LogP contribution in [0.1, 0.15) is 0 Å². The summed E-state index contributed by atoms with van der Waals surface area (Å²) in [6.07, 6.45) is 1.70. The molecule has 1 N–H and O–H groups in total. The zero-order valence-electron chi connectivity index (χ0n) is 12.0. The molecular formula is C17H14ClN3O. The predicted octanol–water partition coefficient (Wildman–Crippen LogP) is 4.55. The van der Waals surface area contributed by atoms with Crippen LogP contribution < -0.4 is 10.1 Å². The van der Waals surface area contributed by atoms with Gasteiger partial charge in [0, 0.05) is 22.5 Å². The lowest BCUT2D eigenvalue weighted by Gasteiger charge is -2.10. The SMILES string of the molecule is COc1ccc(Cl)cc1-c1ccnc(Nc2ccccc2)n1. The number of benzene rings is 2. The topological polar surface area (TPSA) is 47.0 Å². The van der Waals surface area contributed by atoms with E-state index in [1.165, 1.54) is 0 Å². The van der Waals surface area contributed by atoms with Gasteiger partial charge >= 0.3 is 0 Å². The van der Waals surface area contributed by atoms with E-state index in [0.29, 0.717) is 16.7 Å². The van der Waals surface area contributed by atoms with Crippen molar-refractivity contribution in [2.24, 2.45) is 0 Å². The second-order valence-corrected chi connectivity index (χ2v) is 5.04. The largest absolute Gasteiger partial charge is 0.496 e. The minimum atomic E-state index is 0.519. The van der Waals surface area contributed by atoms with Crippen LogP contribution in [0.4, 0.5) is 11.6 Å². The molecule has 0 aliphatic carbocycles. The molecule has 3 aromatic rings. The number of nitrogens with one attached hydrogen (secondary N) is 1. The highest BCUT2D eigenvalue weighted by molar-refractivity contribution is 6.30. The van der Waals surface area contributed by atoms with Gasteiger partial charge in [0.2, 0.25) is 5.95 Å². The Morgan fingerprint density at radius 3 is 2.64 bits per heavy atom. The standard InChI is InChI=1S/C17H14ClN3O/c1-22-16-8-7-12(18)11-14(16)15-9-10-19-17(21-15)20-13-5-3-2-4-6-13/h2-11H,1H3,(H,19,20,21). The van der Waals surface area contributed by atoms with E-state index in [1.54, 1.807) is 19.4 Å². The lowest BCUT2D eigenvalue weighted by molar-refractivity contribution is 0.416. The Labute approximate surface area is 133 Å². The monoisotopic (exact) mass is 311 g/mol. The van der Waals surface area contributed by atoms with E-state index < -0.39 is 0 Å². The summed E-state index contributed by atoms with van der Waals surface area (Å²) in [5.74, 6) is 1.24. The van der Waals surface area contributed by atoms with Crippen molar-refractivity contribution in [3.63, 3.8) is 0 Å². The fourth-order valence-electron chi connectivity index (χ4n) is 2.10. The molecule has 5 heteroatoms. The maximum atomic E-state index is 6.08. The van der Waals surface area contributed by atoms with Crippen LogP contribution >= 0.6 is 11.6 Å². The number of halogens is 1. The summed E-state index contributed by atoms with van der Waals surface area (Å²) < 4.78 is 5.37. The van der Waals surface area contributed by atoms with Crippen LogP contribution in [-0.2, 0) is 0 Å². The number of para-hydroxylation sites is 1. The Kier molecular flexibility index (Phi) is 4.21. The van der Waals surface area contributed by atoms with Crippen LogP contribution in [-0.4, -0.2) is 17.1 Å². The number of nitrogens with zero attached hydrogens (tertiary/aromatic N) is 2. The number of ether oxygens (including phenoxy) is 1. The summed E-state index contributed by atoms with van der Waals surface area (Å²) in [6.45, 7) is 0. The fraction of sp³-hybridized carbons (Fsp3) is 0.0588. The second-order valence-electron chi connectivity index (χ2n) is 4.60. The molecule has 0 saturated heterocycles. The maximum absolute atomic E-state index is 6.08. The third-order valence-corrected chi connectivity index (χ3v) is 3.36. The quantitative estimate of drug-likeness (QED) is 0.768. The van der Waals surface area contributed by atoms with Gasteiger partial charge in [-0.1, -0.05) is 29.8 Å². The van der Waals surface area contributed by atoms with E-state index in [4.69, 9.17) is 16.3 Å². The normalized spacial score (nSPS) is 10.3. The zero-order chi connectivity index (χ0) is 15.4. The molecule has 0 atom stereocenters. The number of anilines is 2. The van der Waals surface area contributed by atoms with Crippen molar-refractivity contribution in [1.29, 1.82) is 0 Å². The van der Waals surface area contributed by atoms with Crippen LogP contribution in [0.3, 0.4) is 0 Å². The summed E-state index contributed by atoms with van der Waals surface area (Å²) in [6, 6.07) is 17.0. The van der Waals surface area contributed by atoms with Crippen LogP contribution in [0.15, 0.2) is 60.8 Å². The predicted molar refractivity (Wildman–Crippen MR) is 88.8 cm³/mol. The molecule has 0 aliphatic rings. The minimum Gasteiger partial charge on any atom is -0.496 e. The van der Waals surface area contributed by atoms with Gasteiger partial charge < -0.3 is 10.1 Å². The van der Waals surface area contributed by atoms with E-state index in [9.17, 15) is 0 Å². The van der Waals surface area contributed by atoms with Gasteiger partial charge in [0.15, 0.2) is 0 Å². The van der Waals surface area contributed by atoms with Gasteiger partial charge in [-0.05, 0) is 36.4 Å². The molecule has 2 aromatic carbocycles. The van der Waals surface area contributed by atoms with Crippen molar-refractivity contribution in [3.05, 3.63) is 65.8 Å². The summed E-state index contributed by atoms with van der Waals surface area (Å²) in [5, 5.41) is 3.80. The second kappa shape index (κ2) is 6.45. The molecule has 0 amide bonds. The number of rotatable bonds is 4. The zero-order valence-corrected chi connectivity index (χ0v) is 12.7. The Morgan fingerprint density at radius 1 is 1.05 bits per heavy atom. The third kappa shape index (κ3) is 3.18. The first-order valence-electron chi connectivity index (χ1n) is 6.75. The summed E-state index contributed by atoms with van der Waals surface area (Å²) in [7, 11) is 1.62. The molecule has 1 heterocycles. The van der Waals surface area contributed by atoms with Crippen LogP contribution in [0.5, 0.6) is 5.75 Å². The molecule has 110 valence electrons. The van der Waals surface area contributed by atoms with Gasteiger partial charge in [-0.3, -0.25) is 0 Å². The van der Waals surface area contributed by atoms with Crippen molar-refractivity contribution in [3.8, 4) is 17.0 Å². The summed E-state index contributed by atoms with van der Waals surface area (Å²) in [5.41, 5.74) is 2.50. The molecule has 0 fully saturated rings. The van der Waals surface area contributed by atoms with Gasteiger partial charge in [-0.15, -0.1) is 0 Å². The van der Waals surface area contributed by atoms with Crippen molar-refractivity contribution in [2.75, 3.05) is 12.4 Å². The van der Waals surface area contributed by atoms with Gasteiger partial charge in [0.05, 0.1) is 12.8 Å². The Hall–Kier alpha value is -2.59. The van der Waals surface area contributed by atoms with Crippen LogP contribution in [0, 0.1) is 0 Å². The molecule has 0 saturated carbocycles. The van der Waals surface area contributed by atoms with E-state index >= 15 is 0 Å². The highest BCUT2D eigenvalue weighted by atomic mass is 35.5. The van der Waals surface area contributed by atoms with Crippen LogP contribution in [0.2, 0.25) is 5.02 Å². The molecule has 0 radical (unpaired) electrons. The molecule has 22 heavy (non-hydrogen) atoms. The first-order chi connectivity index (χ1) is 10.8. The summed E-state index contributed by atoms with van der Waals surface area (Å²) >= 11 is 6.08. The molecule has 0 spiro atoms. The van der Waals surface area contributed by atoms with Crippen molar-refractivity contribution in [2.45, 2.75) is 0 Å². The van der Waals surface area contributed by atoms with Crippen LogP contribution in [0.25, 0.3) is 11.3 Å². The molecular weight excluding hydrogens is 298 g/mol. The number of hydrogen-bond donors (Lipinski definition) is 1. The van der Waals surface area contributed by atoms with E-state index in [2.05, 4.69) is 15.3 Å². The Morgan fingerprint density at radius 2 is 1.86 bits per heavy atom. The van der Waals surface area contributed by atoms with Gasteiger partial charge in [-0.2, -0.15) is 0 Å². The van der Waals surface area contributed by atoms with Crippen molar-refractivity contribution < 1.29 is 4.74 Å². The van der Waals surface area contributed by atoms with Gasteiger partial charge in [-0.25, -0.2) is 9.97 Å². The van der Waals surface area contributed by atoms with Crippen molar-refractivity contribution in [1.82, 2.24) is 9.97 Å². The first kappa shape index (κ1) is 14.4. The van der Waals surface area contributed by atoms with E-state index in [1.807, 2.05) is 48.5 Å². The van der Waals surface area contributed by atoms with E-state index in [-0.39, 0.29) is 0 Å². The van der Waals surface area contributed by atoms with E-state index in [0.717, 1.165) is 16.9 Å². The molecule has 4 nitrogen and oxygen atoms in total. The highest BCUT2D eigenvalue weighted by Gasteiger charge is 2.09. The van der Waals surface area contributed by atoms with Gasteiger partial charge in [0.25, 0.3) is 0 Å². The molecule has 1 aromatic heterocycles. The average molecular weight is 312 g/mol. The molecule has 3 rings (SSSR count). The highest BCUT2D eigenvalue weighted by Crippen LogP contribution is 2.31. The maximum Gasteiger partial charge on any atom is 0.227 e. The summed E-state index contributed by atoms with van der Waals surface area (Å²) in [4.78, 5) is 8.77. The molecule has 0 unspecified atom stereocenters. The molecule has 0 aliphatic heterocycles. The van der Waals surface area contributed by atoms with Gasteiger partial charge in [0.1, 0.15) is 5.75 Å². The number of hydrogen-bond acceptors (Lipinski definition) is 4. The smallest absolute Gasteiger partial charge is 0.227 e. The Balaban J connectivity index is 1.96. The lowest BCUT2D eigenvalue weighted by atomic mass is 10.1. The lowest BCUT2D eigenvalue weighted by Crippen LogP contribution is -1.98. The molecule has 0 bridgehead atoms. The minimum absolute atomic E-state index is 0.519. The first-order valence-corrected chi connectivity index (χ1v) is 7.13. The fourth-order valence-corrected chi connectivity index (χ4v) is 2.27. The Bertz CT molecular complexity index is 778. The third-order valence-electron chi connectivity index (χ3n) is 3.12. The number of aromatic nitrogens is 2. The van der Waals surface area contributed by atoms with Crippen molar-refractivity contribution >= 4 is 23.2 Å². The number of methoxy groups -OCH3 is 1.